The van der Waals surface area contributed by atoms with Gasteiger partial charge in [-0.1, -0.05) is 6.07 Å². The van der Waals surface area contributed by atoms with Crippen molar-refractivity contribution in [3.63, 3.8) is 0 Å². The molecule has 2 heterocycles. The van der Waals surface area contributed by atoms with Crippen LogP contribution in [0.1, 0.15) is 17.8 Å². The minimum Gasteiger partial charge on any atom is -0.369 e. The van der Waals surface area contributed by atoms with Crippen LogP contribution in [-0.4, -0.2) is 9.55 Å². The smallest absolute Gasteiger partial charge is 0.201 e. The van der Waals surface area contributed by atoms with Crippen LogP contribution in [0.5, 0.6) is 0 Å². The van der Waals surface area contributed by atoms with Crippen LogP contribution in [0, 0.1) is 5.82 Å². The molecule has 3 rings (SSSR count). The van der Waals surface area contributed by atoms with Gasteiger partial charge in [-0.25, -0.2) is 9.37 Å². The van der Waals surface area contributed by atoms with Crippen molar-refractivity contribution in [1.82, 2.24) is 9.55 Å². The monoisotopic (exact) mass is 261 g/mol. The van der Waals surface area contributed by atoms with Crippen molar-refractivity contribution in [2.24, 2.45) is 0 Å². The van der Waals surface area contributed by atoms with E-state index in [1.807, 2.05) is 16.0 Å². The molecule has 1 atom stereocenters. The molecule has 5 heteroatoms. The Bertz CT molecular complexity index is 688. The van der Waals surface area contributed by atoms with E-state index in [0.717, 1.165) is 5.52 Å². The lowest BCUT2D eigenvalue weighted by molar-refractivity contribution is 0.629. The maximum absolute atomic E-state index is 13.2. The first kappa shape index (κ1) is 11.2. The molecule has 0 saturated heterocycles. The first-order chi connectivity index (χ1) is 8.66. The van der Waals surface area contributed by atoms with Gasteiger partial charge in [-0.05, 0) is 30.5 Å². The third-order valence-corrected chi connectivity index (χ3v) is 4.06. The normalized spacial score (nSPS) is 13.0. The molecule has 1 unspecified atom stereocenters. The maximum Gasteiger partial charge on any atom is 0.201 e. The molecule has 0 fully saturated rings. The van der Waals surface area contributed by atoms with Crippen LogP contribution < -0.4 is 5.73 Å². The number of aromatic nitrogens is 2. The summed E-state index contributed by atoms with van der Waals surface area (Å²) in [6.07, 6.45) is 0. The second-order valence-electron chi connectivity index (χ2n) is 4.16. The highest BCUT2D eigenvalue weighted by molar-refractivity contribution is 7.10. The van der Waals surface area contributed by atoms with Crippen LogP contribution in [-0.2, 0) is 0 Å². The molecular formula is C13H12FN3S. The second-order valence-corrected chi connectivity index (χ2v) is 5.14. The molecule has 3 nitrogen and oxygen atoms in total. The molecule has 0 amide bonds. The third kappa shape index (κ3) is 1.67. The summed E-state index contributed by atoms with van der Waals surface area (Å²) >= 11 is 1.67. The topological polar surface area (TPSA) is 43.8 Å². The molecule has 0 aliphatic rings. The molecule has 2 aromatic heterocycles. The van der Waals surface area contributed by atoms with Crippen molar-refractivity contribution in [3.8, 4) is 0 Å². The minimum absolute atomic E-state index is 0.0976. The highest BCUT2D eigenvalue weighted by Crippen LogP contribution is 2.29. The molecule has 0 aliphatic carbocycles. The Hall–Kier alpha value is -1.88. The fraction of sp³-hybridized carbons (Fsp3) is 0.154. The van der Waals surface area contributed by atoms with E-state index in [-0.39, 0.29) is 11.9 Å². The molecular weight excluding hydrogens is 249 g/mol. The molecule has 18 heavy (non-hydrogen) atoms. The number of rotatable bonds is 2. The van der Waals surface area contributed by atoms with E-state index in [0.29, 0.717) is 11.5 Å². The molecule has 0 radical (unpaired) electrons. The Morgan fingerprint density at radius 3 is 2.94 bits per heavy atom. The van der Waals surface area contributed by atoms with Crippen LogP contribution in [0.25, 0.3) is 11.0 Å². The van der Waals surface area contributed by atoms with Crippen molar-refractivity contribution < 1.29 is 4.39 Å². The van der Waals surface area contributed by atoms with E-state index in [9.17, 15) is 4.39 Å². The largest absolute Gasteiger partial charge is 0.369 e. The summed E-state index contributed by atoms with van der Waals surface area (Å²) in [5, 5.41) is 2.03. The first-order valence-corrected chi connectivity index (χ1v) is 6.51. The number of nitrogen functional groups attached to an aromatic ring is 1. The number of imidazole rings is 1. The Kier molecular flexibility index (Phi) is 2.56. The van der Waals surface area contributed by atoms with E-state index in [4.69, 9.17) is 5.73 Å². The summed E-state index contributed by atoms with van der Waals surface area (Å²) in [5.74, 6) is 0.118. The zero-order valence-corrected chi connectivity index (χ0v) is 10.6. The number of hydrogen-bond donors (Lipinski definition) is 1. The molecule has 0 bridgehead atoms. The van der Waals surface area contributed by atoms with Crippen molar-refractivity contribution >= 4 is 28.3 Å². The van der Waals surface area contributed by atoms with Gasteiger partial charge in [0.2, 0.25) is 5.95 Å². The van der Waals surface area contributed by atoms with Crippen LogP contribution in [0.4, 0.5) is 10.3 Å². The van der Waals surface area contributed by atoms with Gasteiger partial charge in [-0.2, -0.15) is 0 Å². The molecule has 92 valence electrons. The van der Waals surface area contributed by atoms with Gasteiger partial charge in [-0.3, -0.25) is 0 Å². The minimum atomic E-state index is -0.295. The average Bonchev–Trinajstić information content (AvgIpc) is 2.94. The van der Waals surface area contributed by atoms with Crippen LogP contribution in [0.2, 0.25) is 0 Å². The Morgan fingerprint density at radius 1 is 1.39 bits per heavy atom. The molecule has 1 aromatic carbocycles. The predicted molar refractivity (Wildman–Crippen MR) is 72.2 cm³/mol. The van der Waals surface area contributed by atoms with E-state index >= 15 is 0 Å². The molecule has 3 aromatic rings. The lowest BCUT2D eigenvalue weighted by Crippen LogP contribution is -2.08. The summed E-state index contributed by atoms with van der Waals surface area (Å²) in [7, 11) is 0. The number of halogens is 1. The summed E-state index contributed by atoms with van der Waals surface area (Å²) in [5.41, 5.74) is 7.39. The molecule has 2 N–H and O–H groups in total. The van der Waals surface area contributed by atoms with Gasteiger partial charge < -0.3 is 10.3 Å². The van der Waals surface area contributed by atoms with Gasteiger partial charge >= 0.3 is 0 Å². The highest BCUT2D eigenvalue weighted by atomic mass is 32.1. The van der Waals surface area contributed by atoms with Gasteiger partial charge in [0, 0.05) is 10.9 Å². The fourth-order valence-electron chi connectivity index (χ4n) is 2.15. The highest BCUT2D eigenvalue weighted by Gasteiger charge is 2.16. The van der Waals surface area contributed by atoms with Crippen molar-refractivity contribution in [1.29, 1.82) is 0 Å². The van der Waals surface area contributed by atoms with E-state index in [1.165, 1.54) is 17.0 Å². The van der Waals surface area contributed by atoms with Crippen molar-refractivity contribution in [2.75, 3.05) is 5.73 Å². The van der Waals surface area contributed by atoms with Gasteiger partial charge in [0.25, 0.3) is 0 Å². The standard InChI is InChI=1S/C13H12FN3S/c1-8(12-3-2-6-18-12)17-11-5-4-9(14)7-10(11)16-13(17)15/h2-8H,1H3,(H2,15,16). The lowest BCUT2D eigenvalue weighted by atomic mass is 10.2. The Labute approximate surface area is 108 Å². The quantitative estimate of drug-likeness (QED) is 0.768. The maximum atomic E-state index is 13.2. The Morgan fingerprint density at radius 2 is 2.22 bits per heavy atom. The number of thiophene rings is 1. The lowest BCUT2D eigenvalue weighted by Gasteiger charge is -2.14. The summed E-state index contributed by atoms with van der Waals surface area (Å²) in [4.78, 5) is 5.41. The number of hydrogen-bond acceptors (Lipinski definition) is 3. The number of nitrogens with two attached hydrogens (primary N) is 1. The zero-order chi connectivity index (χ0) is 12.7. The summed E-state index contributed by atoms with van der Waals surface area (Å²) < 4.78 is 15.1. The van der Waals surface area contributed by atoms with Crippen LogP contribution >= 0.6 is 11.3 Å². The number of benzene rings is 1. The third-order valence-electron chi connectivity index (χ3n) is 3.02. The van der Waals surface area contributed by atoms with Crippen LogP contribution in [0.3, 0.4) is 0 Å². The fourth-order valence-corrected chi connectivity index (χ4v) is 2.93. The predicted octanol–water partition coefficient (Wildman–Crippen LogP) is 3.43. The van der Waals surface area contributed by atoms with Gasteiger partial charge in [0.15, 0.2) is 0 Å². The number of fused-ring (bicyclic) bond motifs is 1. The molecule has 0 saturated carbocycles. The SMILES string of the molecule is CC(c1cccs1)n1c(N)nc2cc(F)ccc21. The van der Waals surface area contributed by atoms with E-state index in [1.54, 1.807) is 17.4 Å². The van der Waals surface area contributed by atoms with Crippen molar-refractivity contribution in [2.45, 2.75) is 13.0 Å². The number of anilines is 1. The number of nitrogens with zero attached hydrogens (tertiary/aromatic N) is 2. The van der Waals surface area contributed by atoms with Gasteiger partial charge in [-0.15, -0.1) is 11.3 Å². The summed E-state index contributed by atoms with van der Waals surface area (Å²) in [6.45, 7) is 2.06. The van der Waals surface area contributed by atoms with Gasteiger partial charge in [0.1, 0.15) is 5.82 Å². The van der Waals surface area contributed by atoms with E-state index in [2.05, 4.69) is 18.0 Å². The van der Waals surface area contributed by atoms with E-state index < -0.39 is 0 Å². The van der Waals surface area contributed by atoms with Crippen molar-refractivity contribution in [3.05, 3.63) is 46.4 Å². The second kappa shape index (κ2) is 4.10. The zero-order valence-electron chi connectivity index (χ0n) is 9.80. The first-order valence-electron chi connectivity index (χ1n) is 5.63. The average molecular weight is 261 g/mol. The summed E-state index contributed by atoms with van der Waals surface area (Å²) in [6, 6.07) is 8.72. The van der Waals surface area contributed by atoms with Gasteiger partial charge in [0.05, 0.1) is 17.1 Å². The van der Waals surface area contributed by atoms with Crippen LogP contribution in [0.15, 0.2) is 35.7 Å². The Balaban J connectivity index is 2.19. The molecule has 0 spiro atoms. The molecule has 0 aliphatic heterocycles.